The van der Waals surface area contributed by atoms with Crippen molar-refractivity contribution in [3.63, 3.8) is 0 Å². The Labute approximate surface area is 155 Å². The van der Waals surface area contributed by atoms with Gasteiger partial charge in [-0.25, -0.2) is 0 Å². The van der Waals surface area contributed by atoms with E-state index < -0.39 is 23.4 Å². The van der Waals surface area contributed by atoms with E-state index in [0.717, 1.165) is 6.54 Å². The number of aliphatic carboxylic acids is 2. The fourth-order valence-electron chi connectivity index (χ4n) is 2.98. The van der Waals surface area contributed by atoms with Crippen molar-refractivity contribution >= 4 is 17.7 Å². The van der Waals surface area contributed by atoms with Crippen molar-refractivity contribution in [2.75, 3.05) is 52.9 Å². The Kier molecular flexibility index (Phi) is 8.66. The van der Waals surface area contributed by atoms with Gasteiger partial charge in [0.05, 0.1) is 6.54 Å². The van der Waals surface area contributed by atoms with E-state index in [1.54, 1.807) is 0 Å². The molecule has 0 aromatic carbocycles. The van der Waals surface area contributed by atoms with Crippen molar-refractivity contribution in [2.24, 2.45) is 5.41 Å². The Morgan fingerprint density at radius 1 is 0.962 bits per heavy atom. The molecule has 1 aliphatic rings. The highest BCUT2D eigenvalue weighted by atomic mass is 16.4. The summed E-state index contributed by atoms with van der Waals surface area (Å²) in [5.41, 5.74) is -0.477. The second-order valence-electron chi connectivity index (χ2n) is 8.08. The van der Waals surface area contributed by atoms with Gasteiger partial charge in [0, 0.05) is 51.1 Å². The third-order valence-electron chi connectivity index (χ3n) is 4.84. The van der Waals surface area contributed by atoms with Crippen LogP contribution in [0.15, 0.2) is 0 Å². The summed E-state index contributed by atoms with van der Waals surface area (Å²) in [6.07, 6.45) is 0.500. The molecule has 0 aliphatic carbocycles. The largest absolute Gasteiger partial charge is 0.480 e. The predicted molar refractivity (Wildman–Crippen MR) is 98.3 cm³/mol. The molecular formula is C18H33N3O5. The third kappa shape index (κ3) is 7.80. The molecule has 1 heterocycles. The molecule has 8 nitrogen and oxygen atoms in total. The molecule has 26 heavy (non-hydrogen) atoms. The summed E-state index contributed by atoms with van der Waals surface area (Å²) < 4.78 is 0. The maximum atomic E-state index is 12.2. The number of rotatable bonds is 7. The topological polar surface area (TPSA) is 101 Å². The highest BCUT2D eigenvalue weighted by molar-refractivity contribution is 5.84. The first-order valence-corrected chi connectivity index (χ1v) is 9.13. The van der Waals surface area contributed by atoms with Gasteiger partial charge in [0.15, 0.2) is 0 Å². The molecule has 1 unspecified atom stereocenters. The van der Waals surface area contributed by atoms with Crippen LogP contribution in [0.1, 0.15) is 33.6 Å². The summed E-state index contributed by atoms with van der Waals surface area (Å²) in [5.74, 6) is -1.76. The number of carbonyl (C=O) groups excluding carboxylic acids is 1. The molecule has 1 aliphatic heterocycles. The molecule has 0 spiro atoms. The number of hydrogen-bond donors (Lipinski definition) is 2. The van der Waals surface area contributed by atoms with Crippen LogP contribution in [0.3, 0.4) is 0 Å². The normalized spacial score (nSPS) is 20.0. The van der Waals surface area contributed by atoms with Gasteiger partial charge in [-0.2, -0.15) is 0 Å². The number of carbonyl (C=O) groups is 3. The average Bonchev–Trinajstić information content (AvgIpc) is 2.59. The van der Waals surface area contributed by atoms with Crippen LogP contribution in [-0.2, 0) is 14.4 Å². The van der Waals surface area contributed by atoms with Gasteiger partial charge in [0.25, 0.3) is 0 Å². The Hall–Kier alpha value is -1.51. The molecule has 0 saturated carbocycles. The highest BCUT2D eigenvalue weighted by Crippen LogP contribution is 2.20. The molecule has 0 aromatic heterocycles. The van der Waals surface area contributed by atoms with Gasteiger partial charge < -0.3 is 15.1 Å². The molecule has 0 aromatic rings. The summed E-state index contributed by atoms with van der Waals surface area (Å²) in [6.45, 7) is 9.09. The van der Waals surface area contributed by atoms with E-state index in [-0.39, 0.29) is 25.2 Å². The van der Waals surface area contributed by atoms with Gasteiger partial charge >= 0.3 is 11.9 Å². The molecule has 150 valence electrons. The minimum Gasteiger partial charge on any atom is -0.480 e. The molecule has 1 fully saturated rings. The molecule has 1 atom stereocenters. The van der Waals surface area contributed by atoms with Gasteiger partial charge in [-0.1, -0.05) is 20.8 Å². The number of carboxylic acid groups (broad SMARTS) is 2. The predicted octanol–water partition coefficient (Wildman–Crippen LogP) is 0.469. The zero-order chi connectivity index (χ0) is 19.9. The molecule has 0 radical (unpaired) electrons. The van der Waals surface area contributed by atoms with E-state index in [9.17, 15) is 19.5 Å². The summed E-state index contributed by atoms with van der Waals surface area (Å²) in [4.78, 5) is 40.8. The maximum absolute atomic E-state index is 12.2. The summed E-state index contributed by atoms with van der Waals surface area (Å²) >= 11 is 0. The summed E-state index contributed by atoms with van der Waals surface area (Å²) in [7, 11) is 1.95. The van der Waals surface area contributed by atoms with Crippen molar-refractivity contribution in [3.8, 4) is 0 Å². The Morgan fingerprint density at radius 3 is 2.04 bits per heavy atom. The van der Waals surface area contributed by atoms with Crippen LogP contribution < -0.4 is 0 Å². The zero-order valence-corrected chi connectivity index (χ0v) is 16.4. The fourth-order valence-corrected chi connectivity index (χ4v) is 2.98. The lowest BCUT2D eigenvalue weighted by Gasteiger charge is -2.30. The van der Waals surface area contributed by atoms with E-state index >= 15 is 0 Å². The molecule has 0 amide bonds. The van der Waals surface area contributed by atoms with Crippen molar-refractivity contribution in [3.05, 3.63) is 0 Å². The first-order valence-electron chi connectivity index (χ1n) is 9.13. The standard InChI is InChI=1S/C18H33N3O5/c1-18(2,3)15(22)6-5-14(17(25)26)21-11-8-19(4)7-9-20(10-12-21)13-16(23)24/h14H,5-13H2,1-4H3,(H,23,24)(H,25,26). The Bertz CT molecular complexity index is 504. The van der Waals surface area contributed by atoms with Crippen LogP contribution in [0.2, 0.25) is 0 Å². The summed E-state index contributed by atoms with van der Waals surface area (Å²) in [5, 5.41) is 18.7. The van der Waals surface area contributed by atoms with Gasteiger partial charge in [-0.15, -0.1) is 0 Å². The van der Waals surface area contributed by atoms with Crippen LogP contribution in [0.4, 0.5) is 0 Å². The molecular weight excluding hydrogens is 338 g/mol. The number of likely N-dealkylation sites (N-methyl/N-ethyl adjacent to an activating group) is 1. The minimum absolute atomic E-state index is 0.0534. The molecule has 2 N–H and O–H groups in total. The molecule has 8 heteroatoms. The Balaban J connectivity index is 2.81. The van der Waals surface area contributed by atoms with E-state index in [0.29, 0.717) is 32.7 Å². The molecule has 0 bridgehead atoms. The second-order valence-corrected chi connectivity index (χ2v) is 8.08. The van der Waals surface area contributed by atoms with Crippen LogP contribution in [0, 0.1) is 5.41 Å². The SMILES string of the molecule is CN1CCN(CC(=O)O)CCN(C(CCC(=O)C(C)(C)C)C(=O)O)CC1. The van der Waals surface area contributed by atoms with Crippen molar-refractivity contribution in [1.82, 2.24) is 14.7 Å². The lowest BCUT2D eigenvalue weighted by molar-refractivity contribution is -0.144. The van der Waals surface area contributed by atoms with Gasteiger partial charge in [-0.05, 0) is 13.5 Å². The van der Waals surface area contributed by atoms with E-state index in [1.165, 1.54) is 0 Å². The lowest BCUT2D eigenvalue weighted by Crippen LogP contribution is -2.47. The first kappa shape index (κ1) is 22.5. The lowest BCUT2D eigenvalue weighted by atomic mass is 9.87. The Morgan fingerprint density at radius 2 is 1.50 bits per heavy atom. The van der Waals surface area contributed by atoms with Gasteiger partial charge in [-0.3, -0.25) is 24.2 Å². The van der Waals surface area contributed by atoms with E-state index in [2.05, 4.69) is 4.90 Å². The zero-order valence-electron chi connectivity index (χ0n) is 16.4. The molecule has 1 saturated heterocycles. The van der Waals surface area contributed by atoms with Crippen LogP contribution in [0.5, 0.6) is 0 Å². The number of Topliss-reactive ketones (excluding diaryl/α,β-unsaturated/α-hetero) is 1. The third-order valence-corrected chi connectivity index (χ3v) is 4.84. The number of hydrogen-bond acceptors (Lipinski definition) is 6. The highest BCUT2D eigenvalue weighted by Gasteiger charge is 2.30. The van der Waals surface area contributed by atoms with Gasteiger partial charge in [0.1, 0.15) is 11.8 Å². The summed E-state index contributed by atoms with van der Waals surface area (Å²) in [6, 6.07) is -0.737. The van der Waals surface area contributed by atoms with E-state index in [1.807, 2.05) is 37.6 Å². The number of nitrogens with zero attached hydrogens (tertiary/aromatic N) is 3. The van der Waals surface area contributed by atoms with Crippen LogP contribution in [-0.4, -0.2) is 102 Å². The minimum atomic E-state index is -0.932. The second kappa shape index (κ2) is 9.99. The van der Waals surface area contributed by atoms with Crippen LogP contribution in [0.25, 0.3) is 0 Å². The van der Waals surface area contributed by atoms with Crippen molar-refractivity contribution in [2.45, 2.75) is 39.7 Å². The molecule has 1 rings (SSSR count). The fraction of sp³-hybridized carbons (Fsp3) is 0.833. The maximum Gasteiger partial charge on any atom is 0.320 e. The van der Waals surface area contributed by atoms with E-state index in [4.69, 9.17) is 5.11 Å². The average molecular weight is 371 g/mol. The van der Waals surface area contributed by atoms with Crippen LogP contribution >= 0.6 is 0 Å². The van der Waals surface area contributed by atoms with Gasteiger partial charge in [0.2, 0.25) is 0 Å². The quantitative estimate of drug-likeness (QED) is 0.666. The number of ketones is 1. The first-order chi connectivity index (χ1) is 12.0. The smallest absolute Gasteiger partial charge is 0.320 e. The monoisotopic (exact) mass is 371 g/mol. The van der Waals surface area contributed by atoms with Crippen molar-refractivity contribution in [1.29, 1.82) is 0 Å². The number of carboxylic acids is 2. The van der Waals surface area contributed by atoms with Crippen molar-refractivity contribution < 1.29 is 24.6 Å².